The van der Waals surface area contributed by atoms with E-state index in [0.717, 1.165) is 129 Å². The third kappa shape index (κ3) is 27.2. The van der Waals surface area contributed by atoms with Gasteiger partial charge in [-0.3, -0.25) is 9.59 Å². The molecule has 0 aliphatic rings. The largest absolute Gasteiger partial charge is 0.465 e. The number of ether oxygens (including phenoxy) is 2. The molecular formula is C39H73NO5. The molecular weight excluding hydrogens is 562 g/mol. The zero-order chi connectivity index (χ0) is 33.2. The minimum absolute atomic E-state index is 0.0150. The highest BCUT2D eigenvalue weighted by molar-refractivity contribution is 5.72. The van der Waals surface area contributed by atoms with Gasteiger partial charge in [0.25, 0.3) is 0 Å². The highest BCUT2D eigenvalue weighted by atomic mass is 16.5. The van der Waals surface area contributed by atoms with Gasteiger partial charge in [-0.15, -0.1) is 0 Å². The molecule has 0 aliphatic carbocycles. The molecule has 45 heavy (non-hydrogen) atoms. The molecule has 0 heterocycles. The minimum atomic E-state index is -0.0308. The quantitative estimate of drug-likeness (QED) is 0.0303. The SMILES string of the molecule is CCCCCCC(CCCC)C(=O)OC/C=C/CCCN(CCC=O)CCCCCCOC(=O)C(CCCC)CCCCCC. The fourth-order valence-corrected chi connectivity index (χ4v) is 5.82. The molecule has 0 fully saturated rings. The Hall–Kier alpha value is -1.69. The number of hydrogen-bond acceptors (Lipinski definition) is 6. The van der Waals surface area contributed by atoms with Crippen molar-refractivity contribution in [1.29, 1.82) is 0 Å². The summed E-state index contributed by atoms with van der Waals surface area (Å²) in [6.07, 6.45) is 29.6. The van der Waals surface area contributed by atoms with E-state index in [9.17, 15) is 14.4 Å². The Morgan fingerprint density at radius 3 is 1.62 bits per heavy atom. The number of rotatable bonds is 34. The van der Waals surface area contributed by atoms with Gasteiger partial charge in [0.05, 0.1) is 18.4 Å². The van der Waals surface area contributed by atoms with Crippen LogP contribution in [-0.2, 0) is 23.9 Å². The van der Waals surface area contributed by atoms with E-state index in [1.165, 1.54) is 38.5 Å². The molecule has 0 spiro atoms. The number of nitrogens with zero attached hydrogens (tertiary/aromatic N) is 1. The van der Waals surface area contributed by atoms with E-state index in [1.807, 2.05) is 6.08 Å². The molecule has 0 aliphatic heterocycles. The molecule has 6 heteroatoms. The Balaban J connectivity index is 4.22. The maximum atomic E-state index is 12.6. The van der Waals surface area contributed by atoms with Crippen molar-refractivity contribution in [3.05, 3.63) is 12.2 Å². The third-order valence-corrected chi connectivity index (χ3v) is 8.80. The van der Waals surface area contributed by atoms with Crippen molar-refractivity contribution < 1.29 is 23.9 Å². The van der Waals surface area contributed by atoms with Crippen LogP contribution < -0.4 is 0 Å². The monoisotopic (exact) mass is 636 g/mol. The van der Waals surface area contributed by atoms with Crippen LogP contribution in [0, 0.1) is 11.8 Å². The fourth-order valence-electron chi connectivity index (χ4n) is 5.82. The molecule has 2 atom stereocenters. The van der Waals surface area contributed by atoms with Gasteiger partial charge in [0.2, 0.25) is 0 Å². The number of carbonyl (C=O) groups is 3. The molecule has 0 saturated heterocycles. The van der Waals surface area contributed by atoms with Gasteiger partial charge < -0.3 is 19.2 Å². The Kier molecular flexibility index (Phi) is 32.4. The predicted molar refractivity (Wildman–Crippen MR) is 189 cm³/mol. The Morgan fingerprint density at radius 2 is 1.04 bits per heavy atom. The first-order valence-electron chi connectivity index (χ1n) is 19.2. The molecule has 6 nitrogen and oxygen atoms in total. The van der Waals surface area contributed by atoms with E-state index in [4.69, 9.17) is 9.47 Å². The summed E-state index contributed by atoms with van der Waals surface area (Å²) in [4.78, 5) is 38.6. The molecule has 0 saturated carbocycles. The minimum Gasteiger partial charge on any atom is -0.465 e. The van der Waals surface area contributed by atoms with Gasteiger partial charge in [-0.1, -0.05) is 130 Å². The van der Waals surface area contributed by atoms with Crippen LogP contribution in [0.3, 0.4) is 0 Å². The molecule has 0 aromatic heterocycles. The number of hydrogen-bond donors (Lipinski definition) is 0. The van der Waals surface area contributed by atoms with E-state index in [-0.39, 0.29) is 23.8 Å². The molecule has 0 radical (unpaired) electrons. The second-order valence-corrected chi connectivity index (χ2v) is 13.0. The highest BCUT2D eigenvalue weighted by Crippen LogP contribution is 2.20. The summed E-state index contributed by atoms with van der Waals surface area (Å²) in [7, 11) is 0. The lowest BCUT2D eigenvalue weighted by atomic mass is 9.95. The Morgan fingerprint density at radius 1 is 0.533 bits per heavy atom. The summed E-state index contributed by atoms with van der Waals surface area (Å²) in [6.45, 7) is 12.4. The lowest BCUT2D eigenvalue weighted by Gasteiger charge is -2.21. The summed E-state index contributed by atoms with van der Waals surface area (Å²) < 4.78 is 11.3. The van der Waals surface area contributed by atoms with Crippen LogP contribution >= 0.6 is 0 Å². The van der Waals surface area contributed by atoms with Gasteiger partial charge in [-0.2, -0.15) is 0 Å². The number of allylic oxidation sites excluding steroid dienone is 1. The summed E-state index contributed by atoms with van der Waals surface area (Å²) in [6, 6.07) is 0. The topological polar surface area (TPSA) is 72.9 Å². The number of unbranched alkanes of at least 4 members (excludes halogenated alkanes) is 12. The average molecular weight is 636 g/mol. The van der Waals surface area contributed by atoms with Crippen molar-refractivity contribution in [2.45, 2.75) is 175 Å². The maximum absolute atomic E-state index is 12.6. The lowest BCUT2D eigenvalue weighted by molar-refractivity contribution is -0.149. The van der Waals surface area contributed by atoms with E-state index in [1.54, 1.807) is 0 Å². The second kappa shape index (κ2) is 33.7. The van der Waals surface area contributed by atoms with Crippen molar-refractivity contribution in [2.24, 2.45) is 11.8 Å². The van der Waals surface area contributed by atoms with Crippen LogP contribution in [0.25, 0.3) is 0 Å². The number of aldehydes is 1. The van der Waals surface area contributed by atoms with Crippen LogP contribution in [0.15, 0.2) is 12.2 Å². The zero-order valence-corrected chi connectivity index (χ0v) is 30.2. The Bertz CT molecular complexity index is 710. The van der Waals surface area contributed by atoms with Crippen molar-refractivity contribution in [2.75, 3.05) is 32.8 Å². The van der Waals surface area contributed by atoms with Crippen molar-refractivity contribution >= 4 is 18.2 Å². The van der Waals surface area contributed by atoms with Crippen molar-refractivity contribution in [1.82, 2.24) is 4.90 Å². The van der Waals surface area contributed by atoms with Gasteiger partial charge >= 0.3 is 11.9 Å². The smallest absolute Gasteiger partial charge is 0.309 e. The van der Waals surface area contributed by atoms with Crippen LogP contribution in [-0.4, -0.2) is 56.0 Å². The van der Waals surface area contributed by atoms with Gasteiger partial charge in [-0.25, -0.2) is 0 Å². The van der Waals surface area contributed by atoms with E-state index < -0.39 is 0 Å². The van der Waals surface area contributed by atoms with Crippen molar-refractivity contribution in [3.8, 4) is 0 Å². The first kappa shape index (κ1) is 43.3. The summed E-state index contributed by atoms with van der Waals surface area (Å²) in [5, 5.41) is 0. The fraction of sp³-hybridized carbons (Fsp3) is 0.872. The normalized spacial score (nSPS) is 12.9. The predicted octanol–water partition coefficient (Wildman–Crippen LogP) is 10.4. The van der Waals surface area contributed by atoms with Gasteiger partial charge in [0.1, 0.15) is 12.9 Å². The van der Waals surface area contributed by atoms with Crippen LogP contribution in [0.4, 0.5) is 0 Å². The third-order valence-electron chi connectivity index (χ3n) is 8.80. The maximum Gasteiger partial charge on any atom is 0.309 e. The number of esters is 2. The van der Waals surface area contributed by atoms with E-state index in [2.05, 4.69) is 38.7 Å². The molecule has 0 rings (SSSR count). The van der Waals surface area contributed by atoms with Gasteiger partial charge in [-0.05, 0) is 64.5 Å². The van der Waals surface area contributed by atoms with Gasteiger partial charge in [0, 0.05) is 13.0 Å². The van der Waals surface area contributed by atoms with Crippen LogP contribution in [0.2, 0.25) is 0 Å². The standard InChI is InChI=1S/C39H73NO5/c1-5-9-13-19-28-36(26-11-7-3)38(42)44-34-23-17-15-21-30-40(32-25-33-41)31-22-16-18-24-35-45-39(43)37(27-12-8-4)29-20-14-10-6-2/h17,23,33,36-37H,5-16,18-22,24-32,34-35H2,1-4H3/b23-17+. The molecule has 0 aromatic rings. The summed E-state index contributed by atoms with van der Waals surface area (Å²) in [5.74, 6) is 0.105. The molecule has 0 N–H and O–H groups in total. The molecule has 0 bridgehead atoms. The second-order valence-electron chi connectivity index (χ2n) is 13.0. The molecule has 0 aromatic carbocycles. The van der Waals surface area contributed by atoms with Gasteiger partial charge in [0.15, 0.2) is 0 Å². The first-order chi connectivity index (χ1) is 22.0. The lowest BCUT2D eigenvalue weighted by Crippen LogP contribution is -2.27. The molecule has 0 amide bonds. The van der Waals surface area contributed by atoms with E-state index >= 15 is 0 Å². The summed E-state index contributed by atoms with van der Waals surface area (Å²) in [5.41, 5.74) is 0. The zero-order valence-electron chi connectivity index (χ0n) is 30.2. The average Bonchev–Trinajstić information content (AvgIpc) is 3.04. The van der Waals surface area contributed by atoms with Crippen molar-refractivity contribution in [3.63, 3.8) is 0 Å². The molecule has 264 valence electrons. The highest BCUT2D eigenvalue weighted by Gasteiger charge is 2.20. The first-order valence-corrected chi connectivity index (χ1v) is 19.2. The summed E-state index contributed by atoms with van der Waals surface area (Å²) >= 11 is 0. The Labute approximate surface area is 278 Å². The number of carbonyl (C=O) groups excluding carboxylic acids is 3. The molecule has 2 unspecified atom stereocenters. The van der Waals surface area contributed by atoms with E-state index in [0.29, 0.717) is 19.6 Å². The van der Waals surface area contributed by atoms with Crippen LogP contribution in [0.5, 0.6) is 0 Å². The van der Waals surface area contributed by atoms with Crippen LogP contribution in [0.1, 0.15) is 175 Å².